The molecule has 4 N–H and O–H groups in total. The Morgan fingerprint density at radius 3 is 2.81 bits per heavy atom. The molecule has 0 bridgehead atoms. The molecule has 9 nitrogen and oxygen atoms in total. The van der Waals surface area contributed by atoms with E-state index in [9.17, 15) is 5.11 Å². The zero-order valence-corrected chi connectivity index (χ0v) is 15.3. The van der Waals surface area contributed by atoms with Crippen molar-refractivity contribution in [1.82, 2.24) is 30.0 Å². The minimum absolute atomic E-state index is 0.203. The van der Waals surface area contributed by atoms with E-state index in [-0.39, 0.29) is 12.6 Å². The van der Waals surface area contributed by atoms with E-state index in [1.807, 2.05) is 0 Å². The van der Waals surface area contributed by atoms with Gasteiger partial charge in [0.25, 0.3) is 0 Å². The third-order valence-electron chi connectivity index (χ3n) is 5.75. The van der Waals surface area contributed by atoms with Crippen LogP contribution in [0.4, 0.5) is 11.8 Å². The summed E-state index contributed by atoms with van der Waals surface area (Å²) in [5, 5.41) is 17.5. The number of hydrogen-bond donors (Lipinski definition) is 3. The Morgan fingerprint density at radius 1 is 1.23 bits per heavy atom. The van der Waals surface area contributed by atoms with Gasteiger partial charge in [-0.3, -0.25) is 10.00 Å². The minimum atomic E-state index is 0.203. The SMILES string of the molecule is CN1CCC(N2CCN(c3nc(N)nc4[nH]ncc34)CC2CCO)CC1. The molecule has 2 aromatic heterocycles. The number of rotatable bonds is 4. The summed E-state index contributed by atoms with van der Waals surface area (Å²) in [6.07, 6.45) is 4.93. The Kier molecular flexibility index (Phi) is 4.92. The van der Waals surface area contributed by atoms with Gasteiger partial charge in [-0.1, -0.05) is 0 Å². The summed E-state index contributed by atoms with van der Waals surface area (Å²) < 4.78 is 0. The van der Waals surface area contributed by atoms with Crippen molar-refractivity contribution in [3.05, 3.63) is 6.20 Å². The zero-order valence-electron chi connectivity index (χ0n) is 15.3. The lowest BCUT2D eigenvalue weighted by atomic mass is 9.98. The summed E-state index contributed by atoms with van der Waals surface area (Å²) in [4.78, 5) is 16.0. The zero-order chi connectivity index (χ0) is 18.1. The molecule has 2 saturated heterocycles. The predicted molar refractivity (Wildman–Crippen MR) is 101 cm³/mol. The van der Waals surface area contributed by atoms with Gasteiger partial charge in [0.05, 0.1) is 11.6 Å². The van der Waals surface area contributed by atoms with Crippen molar-refractivity contribution in [1.29, 1.82) is 0 Å². The van der Waals surface area contributed by atoms with Gasteiger partial charge < -0.3 is 20.6 Å². The van der Waals surface area contributed by atoms with Crippen molar-refractivity contribution in [2.45, 2.75) is 31.3 Å². The quantitative estimate of drug-likeness (QED) is 0.693. The number of aromatic nitrogens is 4. The molecule has 26 heavy (non-hydrogen) atoms. The number of likely N-dealkylation sites (tertiary alicyclic amines) is 1. The topological polar surface area (TPSA) is 110 Å². The highest BCUT2D eigenvalue weighted by Crippen LogP contribution is 2.28. The number of aliphatic hydroxyl groups excluding tert-OH is 1. The molecule has 4 heterocycles. The number of aromatic amines is 1. The van der Waals surface area contributed by atoms with Crippen LogP contribution < -0.4 is 10.6 Å². The first kappa shape index (κ1) is 17.4. The summed E-state index contributed by atoms with van der Waals surface area (Å²) in [7, 11) is 2.19. The number of nitrogen functional groups attached to an aromatic ring is 1. The molecule has 0 radical (unpaired) electrons. The number of anilines is 2. The summed E-state index contributed by atoms with van der Waals surface area (Å²) in [6, 6.07) is 0.926. The van der Waals surface area contributed by atoms with Gasteiger partial charge in [-0.15, -0.1) is 0 Å². The van der Waals surface area contributed by atoms with E-state index in [1.54, 1.807) is 6.20 Å². The summed E-state index contributed by atoms with van der Waals surface area (Å²) in [6.45, 7) is 5.20. The van der Waals surface area contributed by atoms with E-state index < -0.39 is 0 Å². The highest BCUT2D eigenvalue weighted by molar-refractivity contribution is 5.87. The molecule has 2 aromatic rings. The minimum Gasteiger partial charge on any atom is -0.396 e. The van der Waals surface area contributed by atoms with E-state index in [0.29, 0.717) is 17.7 Å². The average Bonchev–Trinajstić information content (AvgIpc) is 3.10. The molecular weight excluding hydrogens is 332 g/mol. The van der Waals surface area contributed by atoms with Crippen molar-refractivity contribution in [2.75, 3.05) is 57.0 Å². The van der Waals surface area contributed by atoms with Crippen LogP contribution >= 0.6 is 0 Å². The van der Waals surface area contributed by atoms with Crippen molar-refractivity contribution in [3.8, 4) is 0 Å². The van der Waals surface area contributed by atoms with Gasteiger partial charge in [-0.25, -0.2) is 0 Å². The summed E-state index contributed by atoms with van der Waals surface area (Å²) in [5.74, 6) is 1.10. The lowest BCUT2D eigenvalue weighted by molar-refractivity contribution is 0.0597. The lowest BCUT2D eigenvalue weighted by Crippen LogP contribution is -2.58. The molecule has 1 atom stereocenters. The van der Waals surface area contributed by atoms with Crippen molar-refractivity contribution >= 4 is 22.8 Å². The second-order valence-electron chi connectivity index (χ2n) is 7.42. The molecule has 2 fully saturated rings. The average molecular weight is 360 g/mol. The molecule has 142 valence electrons. The van der Waals surface area contributed by atoms with Crippen LogP contribution in [0, 0.1) is 0 Å². The van der Waals surface area contributed by atoms with Gasteiger partial charge in [0, 0.05) is 38.3 Å². The van der Waals surface area contributed by atoms with Crippen LogP contribution in [0.25, 0.3) is 11.0 Å². The fraction of sp³-hybridized carbons (Fsp3) is 0.706. The second-order valence-corrected chi connectivity index (χ2v) is 7.42. The molecular formula is C17H28N8O. The van der Waals surface area contributed by atoms with E-state index in [1.165, 1.54) is 12.8 Å². The van der Waals surface area contributed by atoms with Gasteiger partial charge in [0.2, 0.25) is 5.95 Å². The maximum atomic E-state index is 9.60. The molecule has 0 saturated carbocycles. The molecule has 2 aliphatic heterocycles. The van der Waals surface area contributed by atoms with Crippen LogP contribution in [0.15, 0.2) is 6.20 Å². The van der Waals surface area contributed by atoms with Crippen molar-refractivity contribution in [2.24, 2.45) is 0 Å². The number of piperidine rings is 1. The van der Waals surface area contributed by atoms with Crippen molar-refractivity contribution in [3.63, 3.8) is 0 Å². The van der Waals surface area contributed by atoms with E-state index in [2.05, 4.69) is 41.9 Å². The third-order valence-corrected chi connectivity index (χ3v) is 5.75. The standard InChI is InChI=1S/C17H28N8O/c1-23-5-2-12(3-6-23)25-8-7-24(11-13(25)4-9-26)16-14-10-19-22-15(14)20-17(18)21-16/h10,12-13,26H,2-9,11H2,1H3,(H3,18,19,20,21,22). The maximum Gasteiger partial charge on any atom is 0.224 e. The number of aliphatic hydroxyl groups is 1. The molecule has 2 aliphatic rings. The van der Waals surface area contributed by atoms with Crippen LogP contribution in [0.5, 0.6) is 0 Å². The third kappa shape index (κ3) is 3.34. The second kappa shape index (κ2) is 7.34. The number of H-pyrrole nitrogens is 1. The lowest BCUT2D eigenvalue weighted by Gasteiger charge is -2.47. The highest BCUT2D eigenvalue weighted by Gasteiger charge is 2.34. The van der Waals surface area contributed by atoms with Crippen LogP contribution in [0.3, 0.4) is 0 Å². The van der Waals surface area contributed by atoms with Crippen LogP contribution in [0.2, 0.25) is 0 Å². The Morgan fingerprint density at radius 2 is 2.04 bits per heavy atom. The first-order valence-corrected chi connectivity index (χ1v) is 9.42. The fourth-order valence-corrected chi connectivity index (χ4v) is 4.35. The normalized spacial score (nSPS) is 23.8. The molecule has 9 heteroatoms. The highest BCUT2D eigenvalue weighted by atomic mass is 16.3. The first-order valence-electron chi connectivity index (χ1n) is 9.42. The molecule has 1 unspecified atom stereocenters. The number of hydrogen-bond acceptors (Lipinski definition) is 8. The van der Waals surface area contributed by atoms with E-state index in [4.69, 9.17) is 5.73 Å². The number of fused-ring (bicyclic) bond motifs is 1. The number of nitrogens with two attached hydrogens (primary N) is 1. The van der Waals surface area contributed by atoms with Gasteiger partial charge in [0.1, 0.15) is 5.82 Å². The van der Waals surface area contributed by atoms with E-state index >= 15 is 0 Å². The van der Waals surface area contributed by atoms with Crippen LogP contribution in [0.1, 0.15) is 19.3 Å². The summed E-state index contributed by atoms with van der Waals surface area (Å²) in [5.41, 5.74) is 6.56. The van der Waals surface area contributed by atoms with Gasteiger partial charge in [-0.05, 0) is 39.4 Å². The maximum absolute atomic E-state index is 9.60. The number of nitrogens with zero attached hydrogens (tertiary/aromatic N) is 6. The smallest absolute Gasteiger partial charge is 0.224 e. The van der Waals surface area contributed by atoms with Crippen molar-refractivity contribution < 1.29 is 5.11 Å². The molecule has 0 aromatic carbocycles. The largest absolute Gasteiger partial charge is 0.396 e. The Bertz CT molecular complexity index is 741. The number of piperazine rings is 1. The van der Waals surface area contributed by atoms with Gasteiger partial charge in [0.15, 0.2) is 5.65 Å². The van der Waals surface area contributed by atoms with Gasteiger partial charge >= 0.3 is 0 Å². The fourth-order valence-electron chi connectivity index (χ4n) is 4.35. The molecule has 0 spiro atoms. The molecule has 0 amide bonds. The molecule has 4 rings (SSSR count). The van der Waals surface area contributed by atoms with Gasteiger partial charge in [-0.2, -0.15) is 15.1 Å². The Balaban J connectivity index is 1.55. The molecule has 0 aliphatic carbocycles. The van der Waals surface area contributed by atoms with Crippen LogP contribution in [-0.4, -0.2) is 93.5 Å². The first-order chi connectivity index (χ1) is 12.7. The number of nitrogens with one attached hydrogen (secondary N) is 1. The Labute approximate surface area is 153 Å². The summed E-state index contributed by atoms with van der Waals surface area (Å²) >= 11 is 0. The Hall–Kier alpha value is -1.97. The predicted octanol–water partition coefficient (Wildman–Crippen LogP) is -0.0977. The van der Waals surface area contributed by atoms with E-state index in [0.717, 1.165) is 50.3 Å². The monoisotopic (exact) mass is 360 g/mol. The van der Waals surface area contributed by atoms with Crippen LogP contribution in [-0.2, 0) is 0 Å².